The molecule has 0 unspecified atom stereocenters. The summed E-state index contributed by atoms with van der Waals surface area (Å²) in [7, 11) is 0.549. The predicted octanol–water partition coefficient (Wildman–Crippen LogP) is 0.536. The van der Waals surface area contributed by atoms with E-state index in [1.807, 2.05) is 19.0 Å². The van der Waals surface area contributed by atoms with Gasteiger partial charge in [0.2, 0.25) is 0 Å². The van der Waals surface area contributed by atoms with Gasteiger partial charge in [-0.15, -0.1) is 0 Å². The highest BCUT2D eigenvalue weighted by atomic mass is 32.2. The van der Waals surface area contributed by atoms with E-state index >= 15 is 0 Å². The summed E-state index contributed by atoms with van der Waals surface area (Å²) in [4.78, 5) is 13.5. The molecular formula is C12H18N2O4S. The lowest BCUT2D eigenvalue weighted by Crippen LogP contribution is -2.15. The van der Waals surface area contributed by atoms with Crippen molar-refractivity contribution < 1.29 is 17.9 Å². The lowest BCUT2D eigenvalue weighted by molar-refractivity contribution is 0.0529. The minimum atomic E-state index is -3.14. The van der Waals surface area contributed by atoms with Crippen LogP contribution in [0.3, 0.4) is 0 Å². The number of nitrogen functional groups attached to an aromatic ring is 1. The SMILES string of the molecule is CN(C)c1ccc(C(=O)OCCS(C)(=O)=O)cc1N. The number of rotatable bonds is 5. The molecule has 6 nitrogen and oxygen atoms in total. The first-order valence-electron chi connectivity index (χ1n) is 5.62. The number of nitrogens with two attached hydrogens (primary N) is 1. The summed E-state index contributed by atoms with van der Waals surface area (Å²) in [6.45, 7) is -0.160. The minimum Gasteiger partial charge on any atom is -0.461 e. The molecular weight excluding hydrogens is 268 g/mol. The molecule has 0 aromatic heterocycles. The molecule has 1 aromatic carbocycles. The number of anilines is 2. The molecule has 19 heavy (non-hydrogen) atoms. The van der Waals surface area contributed by atoms with Crippen LogP contribution in [0, 0.1) is 0 Å². The van der Waals surface area contributed by atoms with Crippen molar-refractivity contribution in [3.05, 3.63) is 23.8 Å². The number of nitrogens with zero attached hydrogens (tertiary/aromatic N) is 1. The third kappa shape index (κ3) is 4.78. The Bertz CT molecular complexity index is 567. The topological polar surface area (TPSA) is 89.7 Å². The van der Waals surface area contributed by atoms with Crippen LogP contribution >= 0.6 is 0 Å². The highest BCUT2D eigenvalue weighted by Gasteiger charge is 2.11. The van der Waals surface area contributed by atoms with Crippen LogP contribution in [-0.2, 0) is 14.6 Å². The lowest BCUT2D eigenvalue weighted by atomic mass is 10.1. The Balaban J connectivity index is 2.71. The molecule has 0 saturated heterocycles. The van der Waals surface area contributed by atoms with E-state index < -0.39 is 15.8 Å². The largest absolute Gasteiger partial charge is 0.461 e. The summed E-state index contributed by atoms with van der Waals surface area (Å²) in [6, 6.07) is 4.81. The highest BCUT2D eigenvalue weighted by Crippen LogP contribution is 2.22. The van der Waals surface area contributed by atoms with Gasteiger partial charge in [-0.25, -0.2) is 13.2 Å². The molecule has 106 valence electrons. The monoisotopic (exact) mass is 286 g/mol. The van der Waals surface area contributed by atoms with Crippen molar-refractivity contribution in [1.82, 2.24) is 0 Å². The van der Waals surface area contributed by atoms with Crippen LogP contribution in [0.25, 0.3) is 0 Å². The number of carbonyl (C=O) groups excluding carboxylic acids is 1. The van der Waals surface area contributed by atoms with Crippen molar-refractivity contribution in [2.24, 2.45) is 0 Å². The molecule has 0 aliphatic rings. The Morgan fingerprint density at radius 3 is 2.47 bits per heavy atom. The molecule has 0 aliphatic heterocycles. The van der Waals surface area contributed by atoms with E-state index in [4.69, 9.17) is 10.5 Å². The van der Waals surface area contributed by atoms with Gasteiger partial charge in [-0.1, -0.05) is 0 Å². The first kappa shape index (κ1) is 15.3. The fraction of sp³-hybridized carbons (Fsp3) is 0.417. The maximum atomic E-state index is 11.7. The minimum absolute atomic E-state index is 0.160. The highest BCUT2D eigenvalue weighted by molar-refractivity contribution is 7.90. The van der Waals surface area contributed by atoms with E-state index in [0.29, 0.717) is 11.3 Å². The summed E-state index contributed by atoms with van der Waals surface area (Å²) >= 11 is 0. The van der Waals surface area contributed by atoms with Gasteiger partial charge < -0.3 is 15.4 Å². The van der Waals surface area contributed by atoms with E-state index in [9.17, 15) is 13.2 Å². The summed E-state index contributed by atoms with van der Waals surface area (Å²) < 4.78 is 26.7. The van der Waals surface area contributed by atoms with E-state index in [1.165, 1.54) is 6.07 Å². The van der Waals surface area contributed by atoms with E-state index in [-0.39, 0.29) is 12.4 Å². The van der Waals surface area contributed by atoms with Crippen molar-refractivity contribution in [3.63, 3.8) is 0 Å². The molecule has 0 amide bonds. The van der Waals surface area contributed by atoms with Gasteiger partial charge in [-0.05, 0) is 18.2 Å². The summed E-state index contributed by atoms with van der Waals surface area (Å²) in [6.07, 6.45) is 1.09. The fourth-order valence-electron chi connectivity index (χ4n) is 1.46. The molecule has 0 heterocycles. The van der Waals surface area contributed by atoms with Crippen LogP contribution in [0.2, 0.25) is 0 Å². The second-order valence-corrected chi connectivity index (χ2v) is 6.69. The third-order valence-corrected chi connectivity index (χ3v) is 3.34. The number of benzene rings is 1. The van der Waals surface area contributed by atoms with Gasteiger partial charge >= 0.3 is 5.97 Å². The molecule has 1 aromatic rings. The number of carbonyl (C=O) groups is 1. The fourth-order valence-corrected chi connectivity index (χ4v) is 1.84. The number of sulfone groups is 1. The van der Waals surface area contributed by atoms with Gasteiger partial charge in [0.1, 0.15) is 6.61 Å². The first-order valence-corrected chi connectivity index (χ1v) is 7.68. The maximum absolute atomic E-state index is 11.7. The Hall–Kier alpha value is -1.76. The van der Waals surface area contributed by atoms with E-state index in [1.54, 1.807) is 12.1 Å². The van der Waals surface area contributed by atoms with Crippen molar-refractivity contribution >= 4 is 27.2 Å². The zero-order valence-electron chi connectivity index (χ0n) is 11.2. The number of esters is 1. The molecule has 0 spiro atoms. The van der Waals surface area contributed by atoms with Crippen LogP contribution in [0.5, 0.6) is 0 Å². The molecule has 0 aliphatic carbocycles. The van der Waals surface area contributed by atoms with Crippen LogP contribution < -0.4 is 10.6 Å². The number of hydrogen-bond acceptors (Lipinski definition) is 6. The average molecular weight is 286 g/mol. The van der Waals surface area contributed by atoms with Crippen molar-refractivity contribution in [1.29, 1.82) is 0 Å². The Kier molecular flexibility index (Phi) is 4.77. The molecule has 7 heteroatoms. The predicted molar refractivity (Wildman–Crippen MR) is 75.2 cm³/mol. The lowest BCUT2D eigenvalue weighted by Gasteiger charge is -2.15. The van der Waals surface area contributed by atoms with Crippen LogP contribution in [0.15, 0.2) is 18.2 Å². The summed E-state index contributed by atoms with van der Waals surface area (Å²) in [5.74, 6) is -0.773. The quantitative estimate of drug-likeness (QED) is 0.627. The van der Waals surface area contributed by atoms with Gasteiger partial charge in [0, 0.05) is 20.4 Å². The molecule has 0 fully saturated rings. The van der Waals surface area contributed by atoms with Crippen molar-refractivity contribution in [2.75, 3.05) is 43.3 Å². The average Bonchev–Trinajstić information content (AvgIpc) is 2.26. The van der Waals surface area contributed by atoms with Gasteiger partial charge in [0.15, 0.2) is 9.84 Å². The molecule has 2 N–H and O–H groups in total. The molecule has 1 rings (SSSR count). The smallest absolute Gasteiger partial charge is 0.338 e. The second kappa shape index (κ2) is 5.92. The molecule has 0 bridgehead atoms. The van der Waals surface area contributed by atoms with Crippen molar-refractivity contribution in [2.45, 2.75) is 0 Å². The Labute approximate surface area is 113 Å². The molecule has 0 atom stereocenters. The normalized spacial score (nSPS) is 11.1. The first-order chi connectivity index (χ1) is 8.70. The molecule has 0 saturated carbocycles. The zero-order chi connectivity index (χ0) is 14.6. The second-order valence-electron chi connectivity index (χ2n) is 4.43. The number of ether oxygens (including phenoxy) is 1. The standard InChI is InChI=1S/C12H18N2O4S/c1-14(2)11-5-4-9(8-10(11)13)12(15)18-6-7-19(3,16)17/h4-5,8H,6-7,13H2,1-3H3. The summed E-state index contributed by atoms with van der Waals surface area (Å²) in [5.41, 5.74) is 7.37. The van der Waals surface area contributed by atoms with Crippen molar-refractivity contribution in [3.8, 4) is 0 Å². The van der Waals surface area contributed by atoms with Crippen LogP contribution in [0.1, 0.15) is 10.4 Å². The van der Waals surface area contributed by atoms with E-state index in [2.05, 4.69) is 0 Å². The van der Waals surface area contributed by atoms with Gasteiger partial charge in [-0.2, -0.15) is 0 Å². The van der Waals surface area contributed by atoms with Gasteiger partial charge in [0.05, 0.1) is 22.7 Å². The summed E-state index contributed by atoms with van der Waals surface area (Å²) in [5, 5.41) is 0. The number of hydrogen-bond donors (Lipinski definition) is 1. The van der Waals surface area contributed by atoms with E-state index in [0.717, 1.165) is 11.9 Å². The molecule has 0 radical (unpaired) electrons. The Morgan fingerprint density at radius 1 is 1.37 bits per heavy atom. The third-order valence-electron chi connectivity index (χ3n) is 2.43. The maximum Gasteiger partial charge on any atom is 0.338 e. The van der Waals surface area contributed by atoms with Crippen LogP contribution in [0.4, 0.5) is 11.4 Å². The Morgan fingerprint density at radius 2 is 2.00 bits per heavy atom. The van der Waals surface area contributed by atoms with Gasteiger partial charge in [-0.3, -0.25) is 0 Å². The van der Waals surface area contributed by atoms with Crippen LogP contribution in [-0.4, -0.2) is 47.1 Å². The zero-order valence-corrected chi connectivity index (χ0v) is 12.0. The van der Waals surface area contributed by atoms with Gasteiger partial charge in [0.25, 0.3) is 0 Å².